The van der Waals surface area contributed by atoms with E-state index >= 15 is 0 Å². The largest absolute Gasteiger partial charge is 0.316 e. The summed E-state index contributed by atoms with van der Waals surface area (Å²) >= 11 is 6.45. The molecule has 2 atom stereocenters. The molecule has 0 fully saturated rings. The number of nitrogens with one attached hydrogen (secondary N) is 1. The fourth-order valence-corrected chi connectivity index (χ4v) is 2.64. The lowest BCUT2D eigenvalue weighted by Crippen LogP contribution is -2.34. The smallest absolute Gasteiger partial charge is 0.0850 e. The molecule has 0 amide bonds. The summed E-state index contributed by atoms with van der Waals surface area (Å²) in [5.74, 6) is 0.636. The fourth-order valence-electron chi connectivity index (χ4n) is 2.29. The quantitative estimate of drug-likeness (QED) is 0.825. The molecule has 1 rings (SSSR count). The van der Waals surface area contributed by atoms with Crippen molar-refractivity contribution in [2.24, 2.45) is 5.92 Å². The van der Waals surface area contributed by atoms with Crippen molar-refractivity contribution in [2.75, 3.05) is 7.05 Å². The number of hydrogen-bond acceptors (Lipinski definition) is 2. The van der Waals surface area contributed by atoms with Crippen molar-refractivity contribution in [3.05, 3.63) is 16.4 Å². The monoisotopic (exact) mass is 271 g/mol. The van der Waals surface area contributed by atoms with Crippen molar-refractivity contribution < 1.29 is 0 Å². The minimum Gasteiger partial charge on any atom is -0.316 e. The Labute approximate surface area is 116 Å². The first-order valence-corrected chi connectivity index (χ1v) is 7.37. The maximum Gasteiger partial charge on any atom is 0.0850 e. The zero-order chi connectivity index (χ0) is 13.7. The second kappa shape index (κ2) is 7.15. The Morgan fingerprint density at radius 1 is 1.33 bits per heavy atom. The van der Waals surface area contributed by atoms with E-state index in [9.17, 15) is 0 Å². The molecule has 1 aromatic rings. The van der Waals surface area contributed by atoms with Gasteiger partial charge in [-0.3, -0.25) is 4.68 Å². The number of aromatic nitrogens is 2. The van der Waals surface area contributed by atoms with Gasteiger partial charge in [-0.05, 0) is 26.3 Å². The van der Waals surface area contributed by atoms with E-state index in [1.54, 1.807) is 0 Å². The van der Waals surface area contributed by atoms with Gasteiger partial charge >= 0.3 is 0 Å². The number of likely N-dealkylation sites (N-methyl/N-ethyl adjacent to an activating group) is 1. The average molecular weight is 272 g/mol. The van der Waals surface area contributed by atoms with Gasteiger partial charge in [-0.1, -0.05) is 38.8 Å². The van der Waals surface area contributed by atoms with Crippen LogP contribution in [0.5, 0.6) is 0 Å². The number of aryl methyl sites for hydroxylation is 2. The molecule has 0 spiro atoms. The second-order valence-electron chi connectivity index (χ2n) is 4.86. The van der Waals surface area contributed by atoms with Crippen LogP contribution in [0.3, 0.4) is 0 Å². The third-order valence-electron chi connectivity index (χ3n) is 3.81. The molecule has 3 nitrogen and oxygen atoms in total. The fraction of sp³-hybridized carbons (Fsp3) is 0.786. The molecule has 104 valence electrons. The average Bonchev–Trinajstić information content (AvgIpc) is 2.71. The molecular formula is C14H26ClN3. The van der Waals surface area contributed by atoms with E-state index in [1.807, 2.05) is 11.7 Å². The van der Waals surface area contributed by atoms with Crippen molar-refractivity contribution in [1.82, 2.24) is 15.1 Å². The molecule has 0 bridgehead atoms. The molecule has 2 unspecified atom stereocenters. The van der Waals surface area contributed by atoms with Gasteiger partial charge in [-0.15, -0.1) is 0 Å². The van der Waals surface area contributed by atoms with Crippen LogP contribution in [0.1, 0.15) is 45.5 Å². The Bertz CT molecular complexity index is 373. The third-order valence-corrected chi connectivity index (χ3v) is 4.25. The van der Waals surface area contributed by atoms with Crippen LogP contribution in [0.15, 0.2) is 0 Å². The Morgan fingerprint density at radius 2 is 2.00 bits per heavy atom. The molecule has 4 heteroatoms. The van der Waals surface area contributed by atoms with Crippen LogP contribution in [0.4, 0.5) is 0 Å². The third kappa shape index (κ3) is 3.27. The number of rotatable bonds is 7. The lowest BCUT2D eigenvalue weighted by Gasteiger charge is -2.22. The maximum absolute atomic E-state index is 6.45. The predicted octanol–water partition coefficient (Wildman–Crippen LogP) is 3.30. The highest BCUT2D eigenvalue weighted by molar-refractivity contribution is 6.31. The molecule has 0 aliphatic carbocycles. The van der Waals surface area contributed by atoms with E-state index in [1.165, 1.54) is 12.1 Å². The summed E-state index contributed by atoms with van der Waals surface area (Å²) < 4.78 is 2.05. The Balaban J connectivity index is 2.97. The molecule has 0 aliphatic heterocycles. The van der Waals surface area contributed by atoms with Gasteiger partial charge in [0, 0.05) is 19.0 Å². The number of nitrogens with zero attached hydrogens (tertiary/aromatic N) is 2. The van der Waals surface area contributed by atoms with Gasteiger partial charge in [-0.2, -0.15) is 5.10 Å². The van der Waals surface area contributed by atoms with Crippen molar-refractivity contribution in [2.45, 2.75) is 59.5 Å². The molecule has 18 heavy (non-hydrogen) atoms. The van der Waals surface area contributed by atoms with E-state index in [0.29, 0.717) is 12.0 Å². The molecule has 0 radical (unpaired) electrons. The zero-order valence-corrected chi connectivity index (χ0v) is 13.0. The summed E-state index contributed by atoms with van der Waals surface area (Å²) in [4.78, 5) is 0. The normalized spacial score (nSPS) is 14.8. The van der Waals surface area contributed by atoms with Crippen LogP contribution in [0.25, 0.3) is 0 Å². The molecule has 1 aromatic heterocycles. The van der Waals surface area contributed by atoms with Crippen LogP contribution in [-0.2, 0) is 19.4 Å². The first-order valence-electron chi connectivity index (χ1n) is 7.00. The van der Waals surface area contributed by atoms with Crippen LogP contribution in [0.2, 0.25) is 5.02 Å². The van der Waals surface area contributed by atoms with E-state index in [-0.39, 0.29) is 0 Å². The van der Waals surface area contributed by atoms with E-state index in [4.69, 9.17) is 11.6 Å². The first-order chi connectivity index (χ1) is 8.58. The van der Waals surface area contributed by atoms with Crippen molar-refractivity contribution in [1.29, 1.82) is 0 Å². The van der Waals surface area contributed by atoms with Crippen LogP contribution in [0, 0.1) is 5.92 Å². The molecule has 1 heterocycles. The zero-order valence-electron chi connectivity index (χ0n) is 12.3. The highest BCUT2D eigenvalue weighted by Gasteiger charge is 2.20. The summed E-state index contributed by atoms with van der Waals surface area (Å²) in [5.41, 5.74) is 2.20. The molecule has 0 saturated heterocycles. The molecule has 0 aliphatic rings. The van der Waals surface area contributed by atoms with Crippen LogP contribution >= 0.6 is 11.6 Å². The van der Waals surface area contributed by atoms with Crippen LogP contribution < -0.4 is 5.32 Å². The highest BCUT2D eigenvalue weighted by atomic mass is 35.5. The van der Waals surface area contributed by atoms with Gasteiger partial charge in [0.25, 0.3) is 0 Å². The van der Waals surface area contributed by atoms with Gasteiger partial charge < -0.3 is 5.32 Å². The summed E-state index contributed by atoms with van der Waals surface area (Å²) in [7, 11) is 2.03. The molecule has 1 N–H and O–H groups in total. The van der Waals surface area contributed by atoms with E-state index in [0.717, 1.165) is 30.1 Å². The summed E-state index contributed by atoms with van der Waals surface area (Å²) in [6.07, 6.45) is 3.02. The summed E-state index contributed by atoms with van der Waals surface area (Å²) in [5, 5.41) is 8.85. The van der Waals surface area contributed by atoms with Crippen molar-refractivity contribution >= 4 is 11.6 Å². The number of halogens is 1. The Kier molecular flexibility index (Phi) is 6.16. The van der Waals surface area contributed by atoms with E-state index in [2.05, 4.69) is 38.1 Å². The van der Waals surface area contributed by atoms with Gasteiger partial charge in [0.15, 0.2) is 0 Å². The van der Waals surface area contributed by atoms with Crippen LogP contribution in [-0.4, -0.2) is 22.9 Å². The summed E-state index contributed by atoms with van der Waals surface area (Å²) in [6, 6.07) is 0.458. The molecule has 0 saturated carbocycles. The summed E-state index contributed by atoms with van der Waals surface area (Å²) in [6.45, 7) is 9.60. The van der Waals surface area contributed by atoms with Gasteiger partial charge in [0.05, 0.1) is 16.4 Å². The topological polar surface area (TPSA) is 29.9 Å². The second-order valence-corrected chi connectivity index (χ2v) is 5.24. The Morgan fingerprint density at radius 3 is 2.44 bits per heavy atom. The van der Waals surface area contributed by atoms with E-state index < -0.39 is 0 Å². The predicted molar refractivity (Wildman–Crippen MR) is 78.3 cm³/mol. The maximum atomic E-state index is 6.45. The van der Waals surface area contributed by atoms with Crippen molar-refractivity contribution in [3.8, 4) is 0 Å². The highest BCUT2D eigenvalue weighted by Crippen LogP contribution is 2.24. The minimum absolute atomic E-state index is 0.458. The lowest BCUT2D eigenvalue weighted by molar-refractivity contribution is 0.378. The van der Waals surface area contributed by atoms with Crippen molar-refractivity contribution in [3.63, 3.8) is 0 Å². The minimum atomic E-state index is 0.458. The molecule has 0 aromatic carbocycles. The molecular weight excluding hydrogens is 246 g/mol. The first kappa shape index (κ1) is 15.5. The Hall–Kier alpha value is -0.540. The standard InChI is InChI=1S/C14H26ClN3/c1-6-10(4)12(16-5)9-13-14(15)11(7-2)17-18(13)8-3/h10,12,16H,6-9H2,1-5H3. The van der Waals surface area contributed by atoms with Gasteiger partial charge in [-0.25, -0.2) is 0 Å². The van der Waals surface area contributed by atoms with Gasteiger partial charge in [0.1, 0.15) is 0 Å². The van der Waals surface area contributed by atoms with Gasteiger partial charge in [0.2, 0.25) is 0 Å². The SMILES string of the molecule is CCc1nn(CC)c(CC(NC)C(C)CC)c1Cl. The number of hydrogen-bond donors (Lipinski definition) is 1. The lowest BCUT2D eigenvalue weighted by atomic mass is 9.95.